The molecule has 0 radical (unpaired) electrons. The third kappa shape index (κ3) is 6.29. The Labute approximate surface area is 382 Å². The fourth-order valence-corrected chi connectivity index (χ4v) is 10.2. The van der Waals surface area contributed by atoms with Crippen LogP contribution in [0, 0.1) is 0 Å². The van der Waals surface area contributed by atoms with Crippen molar-refractivity contribution in [2.24, 2.45) is 0 Å². The summed E-state index contributed by atoms with van der Waals surface area (Å²) in [6.07, 6.45) is 7.86. The molecule has 2 aromatic heterocycles. The van der Waals surface area contributed by atoms with E-state index in [9.17, 15) is 0 Å². The second-order valence-corrected chi connectivity index (χ2v) is 17.2. The third-order valence-electron chi connectivity index (χ3n) is 13.4. The molecule has 4 heteroatoms. The first kappa shape index (κ1) is 37.9. The van der Waals surface area contributed by atoms with Gasteiger partial charge in [-0.3, -0.25) is 0 Å². The number of anilines is 5. The second-order valence-electron chi connectivity index (χ2n) is 17.2. The van der Waals surface area contributed by atoms with Gasteiger partial charge in [-0.15, -0.1) is 0 Å². The molecule has 0 saturated carbocycles. The summed E-state index contributed by atoms with van der Waals surface area (Å²) in [6.45, 7) is 0. The van der Waals surface area contributed by atoms with Crippen molar-refractivity contribution in [3.63, 3.8) is 0 Å². The van der Waals surface area contributed by atoms with Crippen LogP contribution in [-0.4, -0.2) is 0 Å². The first-order chi connectivity index (χ1) is 32.7. The van der Waals surface area contributed by atoms with Crippen LogP contribution in [0.2, 0.25) is 0 Å². The molecule has 0 spiro atoms. The van der Waals surface area contributed by atoms with Gasteiger partial charge in [0.15, 0.2) is 5.58 Å². The first-order valence-electron chi connectivity index (χ1n) is 22.7. The highest BCUT2D eigenvalue weighted by molar-refractivity contribution is 6.30. The van der Waals surface area contributed by atoms with Crippen LogP contribution >= 0.6 is 0 Å². The number of rotatable bonds is 8. The number of hydrogen-bond donors (Lipinski definition) is 0. The van der Waals surface area contributed by atoms with Gasteiger partial charge < -0.3 is 18.6 Å². The zero-order chi connectivity index (χ0) is 43.6. The second kappa shape index (κ2) is 15.6. The minimum atomic E-state index is 0.259. The Kier molecular flexibility index (Phi) is 8.95. The highest BCUT2D eigenvalue weighted by Gasteiger charge is 2.23. The van der Waals surface area contributed by atoms with Crippen molar-refractivity contribution in [3.05, 3.63) is 248 Å². The molecule has 1 unspecified atom stereocenters. The monoisotopic (exact) mass is 846 g/mol. The van der Waals surface area contributed by atoms with Crippen LogP contribution in [0.4, 0.5) is 28.4 Å². The Morgan fingerprint density at radius 1 is 0.379 bits per heavy atom. The molecule has 1 aliphatic rings. The van der Waals surface area contributed by atoms with Crippen molar-refractivity contribution in [2.75, 3.05) is 9.80 Å². The average molecular weight is 847 g/mol. The van der Waals surface area contributed by atoms with Crippen LogP contribution in [0.1, 0.15) is 17.9 Å². The summed E-state index contributed by atoms with van der Waals surface area (Å²) in [5, 5.41) is 9.19. The van der Waals surface area contributed by atoms with Gasteiger partial charge in [-0.1, -0.05) is 152 Å². The van der Waals surface area contributed by atoms with Gasteiger partial charge in [0, 0.05) is 61.3 Å². The van der Waals surface area contributed by atoms with Gasteiger partial charge in [0.05, 0.1) is 5.69 Å². The van der Waals surface area contributed by atoms with Crippen LogP contribution in [0.3, 0.4) is 0 Å². The van der Waals surface area contributed by atoms with Crippen LogP contribution < -0.4 is 9.80 Å². The third-order valence-corrected chi connectivity index (χ3v) is 13.4. The molecule has 4 nitrogen and oxygen atoms in total. The first-order valence-corrected chi connectivity index (χ1v) is 22.7. The summed E-state index contributed by atoms with van der Waals surface area (Å²) in [5.74, 6) is 0.259. The lowest BCUT2D eigenvalue weighted by Gasteiger charge is -2.29. The van der Waals surface area contributed by atoms with Crippen molar-refractivity contribution in [1.82, 2.24) is 0 Å². The fourth-order valence-electron chi connectivity index (χ4n) is 10.2. The average Bonchev–Trinajstić information content (AvgIpc) is 3.97. The molecule has 1 atom stereocenters. The molecule has 0 fully saturated rings. The smallest absolute Gasteiger partial charge is 0.159 e. The van der Waals surface area contributed by atoms with Gasteiger partial charge in [0.25, 0.3) is 0 Å². The largest absolute Gasteiger partial charge is 0.455 e. The molecule has 0 bridgehead atoms. The van der Waals surface area contributed by atoms with E-state index < -0.39 is 0 Å². The van der Waals surface area contributed by atoms with Gasteiger partial charge in [-0.05, 0) is 124 Å². The highest BCUT2D eigenvalue weighted by Crippen LogP contribution is 2.45. The number of para-hydroxylation sites is 5. The van der Waals surface area contributed by atoms with Gasteiger partial charge >= 0.3 is 0 Å². The number of fused-ring (bicyclic) bond motifs is 11. The van der Waals surface area contributed by atoms with Crippen molar-refractivity contribution >= 4 is 93.9 Å². The summed E-state index contributed by atoms with van der Waals surface area (Å²) in [4.78, 5) is 4.64. The van der Waals surface area contributed by atoms with E-state index in [-0.39, 0.29) is 5.92 Å². The summed E-state index contributed by atoms with van der Waals surface area (Å²) >= 11 is 0. The molecule has 13 rings (SSSR count). The zero-order valence-corrected chi connectivity index (χ0v) is 36.0. The molecule has 10 aromatic carbocycles. The van der Waals surface area contributed by atoms with Gasteiger partial charge in [-0.25, -0.2) is 0 Å². The summed E-state index contributed by atoms with van der Waals surface area (Å²) in [7, 11) is 0. The van der Waals surface area contributed by atoms with Crippen LogP contribution in [0.15, 0.2) is 251 Å². The van der Waals surface area contributed by atoms with Crippen molar-refractivity contribution < 1.29 is 8.83 Å². The number of benzene rings is 10. The van der Waals surface area contributed by atoms with E-state index in [1.807, 2.05) is 12.1 Å². The zero-order valence-electron chi connectivity index (χ0n) is 36.0. The predicted octanol–water partition coefficient (Wildman–Crippen LogP) is 17.7. The fraction of sp³-hybridized carbons (Fsp3) is 0.0323. The normalized spacial score (nSPS) is 13.9. The summed E-state index contributed by atoms with van der Waals surface area (Å²) < 4.78 is 13.4. The van der Waals surface area contributed by atoms with Gasteiger partial charge in [-0.2, -0.15) is 0 Å². The van der Waals surface area contributed by atoms with Crippen molar-refractivity contribution in [3.8, 4) is 11.1 Å². The minimum Gasteiger partial charge on any atom is -0.455 e. The van der Waals surface area contributed by atoms with E-state index in [1.165, 1.54) is 16.3 Å². The number of furan rings is 2. The van der Waals surface area contributed by atoms with Gasteiger partial charge in [0.2, 0.25) is 0 Å². The van der Waals surface area contributed by atoms with Crippen LogP contribution in [0.25, 0.3) is 76.5 Å². The topological polar surface area (TPSA) is 32.8 Å². The van der Waals surface area contributed by atoms with E-state index in [2.05, 4.69) is 234 Å². The Morgan fingerprint density at radius 3 is 1.68 bits per heavy atom. The lowest BCUT2D eigenvalue weighted by molar-refractivity contribution is 0.668. The summed E-state index contributed by atoms with van der Waals surface area (Å²) in [6, 6.07) is 77.7. The molecule has 66 heavy (non-hydrogen) atoms. The predicted molar refractivity (Wildman–Crippen MR) is 276 cm³/mol. The maximum atomic E-state index is 6.92. The van der Waals surface area contributed by atoms with E-state index in [0.29, 0.717) is 0 Å². The van der Waals surface area contributed by atoms with E-state index in [1.54, 1.807) is 0 Å². The molecular weight excluding hydrogens is 805 g/mol. The molecule has 0 N–H and O–H groups in total. The van der Waals surface area contributed by atoms with E-state index >= 15 is 0 Å². The van der Waals surface area contributed by atoms with Crippen LogP contribution in [0.5, 0.6) is 0 Å². The molecular formula is C62H42N2O2. The Bertz CT molecular complexity index is 3810. The quantitative estimate of drug-likeness (QED) is 0.143. The number of hydrogen-bond acceptors (Lipinski definition) is 4. The Hall–Kier alpha value is -8.60. The lowest BCUT2D eigenvalue weighted by Crippen LogP contribution is -2.17. The van der Waals surface area contributed by atoms with Crippen LogP contribution in [-0.2, 0) is 0 Å². The molecule has 1 aliphatic carbocycles. The molecule has 2 heterocycles. The minimum absolute atomic E-state index is 0.259. The highest BCUT2D eigenvalue weighted by atomic mass is 16.3. The lowest BCUT2D eigenvalue weighted by atomic mass is 9.90. The number of allylic oxidation sites excluding steroid dienone is 3. The van der Waals surface area contributed by atoms with Crippen molar-refractivity contribution in [2.45, 2.75) is 12.3 Å². The Morgan fingerprint density at radius 2 is 0.970 bits per heavy atom. The SMILES string of the molecule is C1=CC(c2ccc(-c3ccc4c(c3)oc3c5ccc(N(c6ccccc6)c6ccccc6)cc5c5ccccc5c43)cc2)CC=C1N(c1ccccc1)c1cccc2c1oc1ccccc12. The molecule has 0 amide bonds. The molecule has 12 aromatic rings. The molecule has 312 valence electrons. The van der Waals surface area contributed by atoms with E-state index in [0.717, 1.165) is 106 Å². The Balaban J connectivity index is 0.822. The van der Waals surface area contributed by atoms with Crippen molar-refractivity contribution in [1.29, 1.82) is 0 Å². The molecule has 0 saturated heterocycles. The van der Waals surface area contributed by atoms with Gasteiger partial charge in [0.1, 0.15) is 16.7 Å². The van der Waals surface area contributed by atoms with E-state index in [4.69, 9.17) is 8.83 Å². The maximum absolute atomic E-state index is 6.92. The maximum Gasteiger partial charge on any atom is 0.159 e. The standard InChI is InChI=1S/C62H42N2O2/c1-4-15-45(16-5-1)63(46-17-6-2-7-18-46)49-36-38-54-56(40-49)50-21-10-11-23-52(50)60-55-37-33-44(39-59(55)66-62(54)60)43-29-27-41(28-30-43)42-31-34-48(35-32-42)64(47-19-8-3-9-20-47)57-25-14-24-53-51-22-12-13-26-58(51)65-61(53)57/h1-31,33-40,42H,32H2. The molecule has 0 aliphatic heterocycles. The number of nitrogens with zero attached hydrogens (tertiary/aromatic N) is 2. The summed E-state index contributed by atoms with van der Waals surface area (Å²) in [5.41, 5.74) is 13.7.